The van der Waals surface area contributed by atoms with E-state index in [9.17, 15) is 14.4 Å². The van der Waals surface area contributed by atoms with Crippen molar-refractivity contribution in [3.63, 3.8) is 0 Å². The summed E-state index contributed by atoms with van der Waals surface area (Å²) in [4.78, 5) is 37.4. The van der Waals surface area contributed by atoms with Crippen molar-refractivity contribution >= 4 is 17.9 Å². The first-order valence-electron chi connectivity index (χ1n) is 25.3. The van der Waals surface area contributed by atoms with Crippen molar-refractivity contribution in [1.82, 2.24) is 0 Å². The predicted molar refractivity (Wildman–Crippen MR) is 256 cm³/mol. The van der Waals surface area contributed by atoms with Crippen molar-refractivity contribution in [1.29, 1.82) is 0 Å². The first-order valence-corrected chi connectivity index (χ1v) is 25.3. The Balaban J connectivity index is 3.93. The maximum atomic E-state index is 12.6. The summed E-state index contributed by atoms with van der Waals surface area (Å²) in [7, 11) is 0. The molecule has 0 aromatic carbocycles. The Morgan fingerprint density at radius 2 is 0.650 bits per heavy atom. The second-order valence-corrected chi connectivity index (χ2v) is 16.7. The highest BCUT2D eigenvalue weighted by atomic mass is 16.6. The Morgan fingerprint density at radius 3 is 1.02 bits per heavy atom. The Hall–Kier alpha value is -2.89. The molecule has 0 saturated carbocycles. The van der Waals surface area contributed by atoms with Crippen molar-refractivity contribution in [3.8, 4) is 0 Å². The number of unbranched alkanes of at least 4 members (excludes halogenated alkanes) is 24. The normalized spacial score (nSPS) is 12.5. The first-order chi connectivity index (χ1) is 29.5. The van der Waals surface area contributed by atoms with Gasteiger partial charge in [-0.15, -0.1) is 0 Å². The molecular weight excluding hydrogens is 745 g/mol. The van der Waals surface area contributed by atoms with E-state index in [1.807, 2.05) is 0 Å². The molecule has 0 aromatic rings. The van der Waals surface area contributed by atoms with Crippen LogP contribution in [0.5, 0.6) is 0 Å². The highest BCUT2D eigenvalue weighted by molar-refractivity contribution is 5.71. The zero-order valence-electron chi connectivity index (χ0n) is 39.5. The summed E-state index contributed by atoms with van der Waals surface area (Å²) in [5.41, 5.74) is 0. The summed E-state index contributed by atoms with van der Waals surface area (Å²) in [6.07, 6.45) is 59.8. The topological polar surface area (TPSA) is 78.9 Å². The molecule has 0 aliphatic heterocycles. The van der Waals surface area contributed by atoms with Crippen molar-refractivity contribution < 1.29 is 28.6 Å². The van der Waals surface area contributed by atoms with Crippen LogP contribution in [0.2, 0.25) is 0 Å². The van der Waals surface area contributed by atoms with Crippen LogP contribution in [0.15, 0.2) is 60.8 Å². The third kappa shape index (κ3) is 46.2. The van der Waals surface area contributed by atoms with Gasteiger partial charge in [-0.05, 0) is 64.2 Å². The fraction of sp³-hybridized carbons (Fsp3) is 0.759. The number of carbonyl (C=O) groups is 3. The molecule has 0 rings (SSSR count). The van der Waals surface area contributed by atoms with Crippen LogP contribution in [0.4, 0.5) is 0 Å². The van der Waals surface area contributed by atoms with Crippen LogP contribution in [0.3, 0.4) is 0 Å². The summed E-state index contributed by atoms with van der Waals surface area (Å²) < 4.78 is 16.6. The molecular formula is C54H94O6. The predicted octanol–water partition coefficient (Wildman–Crippen LogP) is 16.5. The van der Waals surface area contributed by atoms with Gasteiger partial charge in [-0.25, -0.2) is 0 Å². The van der Waals surface area contributed by atoms with E-state index in [1.165, 1.54) is 116 Å². The summed E-state index contributed by atoms with van der Waals surface area (Å²) in [6, 6.07) is 0. The van der Waals surface area contributed by atoms with Crippen LogP contribution in [-0.2, 0) is 28.6 Å². The molecule has 0 spiro atoms. The molecule has 6 nitrogen and oxygen atoms in total. The van der Waals surface area contributed by atoms with Crippen LogP contribution in [0.1, 0.15) is 245 Å². The molecule has 0 aromatic heterocycles. The number of rotatable bonds is 45. The molecule has 1 atom stereocenters. The molecule has 346 valence electrons. The molecule has 0 radical (unpaired) electrons. The average Bonchev–Trinajstić information content (AvgIpc) is 3.24. The second-order valence-electron chi connectivity index (χ2n) is 16.7. The molecule has 1 unspecified atom stereocenters. The average molecular weight is 839 g/mol. The Labute approximate surface area is 370 Å². The maximum Gasteiger partial charge on any atom is 0.306 e. The zero-order chi connectivity index (χ0) is 43.7. The first kappa shape index (κ1) is 57.1. The van der Waals surface area contributed by atoms with Crippen LogP contribution in [0, 0.1) is 0 Å². The highest BCUT2D eigenvalue weighted by Crippen LogP contribution is 2.15. The van der Waals surface area contributed by atoms with Crippen LogP contribution in [0.25, 0.3) is 0 Å². The number of carbonyl (C=O) groups excluding carboxylic acids is 3. The fourth-order valence-corrected chi connectivity index (χ4v) is 7.00. The minimum atomic E-state index is -0.764. The van der Waals surface area contributed by atoms with Crippen LogP contribution in [-0.4, -0.2) is 37.2 Å². The number of allylic oxidation sites excluding steroid dienone is 10. The summed E-state index contributed by atoms with van der Waals surface area (Å²) in [6.45, 7) is 6.42. The van der Waals surface area contributed by atoms with E-state index in [2.05, 4.69) is 81.5 Å². The minimum absolute atomic E-state index is 0.0723. The lowest BCUT2D eigenvalue weighted by Gasteiger charge is -2.18. The molecule has 0 N–H and O–H groups in total. The third-order valence-corrected chi connectivity index (χ3v) is 10.8. The number of ether oxygens (including phenoxy) is 3. The standard InChI is InChI=1S/C54H94O6/c1-4-7-10-13-16-17-18-19-20-21-22-23-24-25-26-27-28-29-30-31-32-33-34-35-36-37-39-41-44-47-53(56)59-50-51(49-58-52(55)46-43-40-15-12-9-6-3)60-54(57)48-45-42-38-14-11-8-5-2/h7,10,16-17,19-20,22-23,25-26,51H,4-6,8-9,11-15,18,21,24,27-50H2,1-3H3/b10-7-,17-16-,20-19-,23-22-,26-25-. The number of hydrogen-bond donors (Lipinski definition) is 0. The summed E-state index contributed by atoms with van der Waals surface area (Å²) >= 11 is 0. The van der Waals surface area contributed by atoms with Crippen LogP contribution < -0.4 is 0 Å². The van der Waals surface area contributed by atoms with Crippen molar-refractivity contribution in [2.45, 2.75) is 252 Å². The summed E-state index contributed by atoms with van der Waals surface area (Å²) in [5.74, 6) is -0.889. The van der Waals surface area contributed by atoms with Crippen LogP contribution >= 0.6 is 0 Å². The number of hydrogen-bond acceptors (Lipinski definition) is 6. The third-order valence-electron chi connectivity index (χ3n) is 10.8. The number of esters is 3. The van der Waals surface area contributed by atoms with Crippen molar-refractivity contribution in [2.24, 2.45) is 0 Å². The molecule has 6 heteroatoms. The van der Waals surface area contributed by atoms with Gasteiger partial charge in [-0.3, -0.25) is 14.4 Å². The summed E-state index contributed by atoms with van der Waals surface area (Å²) in [5, 5.41) is 0. The van der Waals surface area contributed by atoms with Gasteiger partial charge in [0.2, 0.25) is 0 Å². The largest absolute Gasteiger partial charge is 0.462 e. The van der Waals surface area contributed by atoms with E-state index in [4.69, 9.17) is 14.2 Å². The monoisotopic (exact) mass is 839 g/mol. The fourth-order valence-electron chi connectivity index (χ4n) is 7.00. The quantitative estimate of drug-likeness (QED) is 0.0263. The van der Waals surface area contributed by atoms with Gasteiger partial charge >= 0.3 is 17.9 Å². The lowest BCUT2D eigenvalue weighted by Crippen LogP contribution is -2.30. The van der Waals surface area contributed by atoms with E-state index >= 15 is 0 Å². The van der Waals surface area contributed by atoms with Gasteiger partial charge in [0.25, 0.3) is 0 Å². The van der Waals surface area contributed by atoms with Gasteiger partial charge in [-0.1, -0.05) is 223 Å². The van der Waals surface area contributed by atoms with Gasteiger partial charge in [0.15, 0.2) is 6.10 Å². The van der Waals surface area contributed by atoms with Gasteiger partial charge in [0.05, 0.1) is 0 Å². The van der Waals surface area contributed by atoms with Crippen molar-refractivity contribution in [2.75, 3.05) is 13.2 Å². The lowest BCUT2D eigenvalue weighted by atomic mass is 10.0. The Kier molecular flexibility index (Phi) is 46.4. The van der Waals surface area contributed by atoms with Gasteiger partial charge in [0.1, 0.15) is 13.2 Å². The molecule has 0 heterocycles. The Morgan fingerprint density at radius 1 is 0.350 bits per heavy atom. The smallest absolute Gasteiger partial charge is 0.306 e. The van der Waals surface area contributed by atoms with Gasteiger partial charge in [-0.2, -0.15) is 0 Å². The van der Waals surface area contributed by atoms with E-state index in [0.29, 0.717) is 19.3 Å². The molecule has 0 aliphatic carbocycles. The van der Waals surface area contributed by atoms with Crippen molar-refractivity contribution in [3.05, 3.63) is 60.8 Å². The molecule has 0 saturated heterocycles. The van der Waals surface area contributed by atoms with E-state index in [1.54, 1.807) is 0 Å². The zero-order valence-corrected chi connectivity index (χ0v) is 39.5. The molecule has 0 fully saturated rings. The molecule has 60 heavy (non-hydrogen) atoms. The van der Waals surface area contributed by atoms with Gasteiger partial charge in [0, 0.05) is 19.3 Å². The lowest BCUT2D eigenvalue weighted by molar-refractivity contribution is -0.167. The molecule has 0 amide bonds. The minimum Gasteiger partial charge on any atom is -0.462 e. The SMILES string of the molecule is CC/C=C\C/C=C\C/C=C\C/C=C\C/C=C\CCCCCCCCCCCCCCCC(=O)OCC(COC(=O)CCCCCCCC)OC(=O)CCCCCCCCC. The van der Waals surface area contributed by atoms with E-state index in [0.717, 1.165) is 89.9 Å². The highest BCUT2D eigenvalue weighted by Gasteiger charge is 2.19. The van der Waals surface area contributed by atoms with E-state index < -0.39 is 6.10 Å². The second kappa shape index (κ2) is 48.8. The molecule has 0 bridgehead atoms. The maximum absolute atomic E-state index is 12.6. The molecule has 0 aliphatic rings. The Bertz CT molecular complexity index is 1100. The van der Waals surface area contributed by atoms with E-state index in [-0.39, 0.29) is 31.1 Å². The van der Waals surface area contributed by atoms with Gasteiger partial charge < -0.3 is 14.2 Å².